The Morgan fingerprint density at radius 1 is 1.50 bits per heavy atom. The minimum atomic E-state index is -1.13. The summed E-state index contributed by atoms with van der Waals surface area (Å²) in [4.78, 5) is 10.4. The molecule has 0 saturated carbocycles. The molecular weight excluding hydrogens is 158 g/mol. The summed E-state index contributed by atoms with van der Waals surface area (Å²) >= 11 is 0. The summed E-state index contributed by atoms with van der Waals surface area (Å²) in [5.74, 6) is -1.44. The molecular formula is C8H5NO3. The van der Waals surface area contributed by atoms with Crippen molar-refractivity contribution >= 4 is 5.97 Å². The van der Waals surface area contributed by atoms with E-state index in [-0.39, 0.29) is 16.9 Å². The number of hydrogen-bond acceptors (Lipinski definition) is 3. The highest BCUT2D eigenvalue weighted by atomic mass is 16.4. The zero-order valence-corrected chi connectivity index (χ0v) is 5.98. The lowest BCUT2D eigenvalue weighted by Gasteiger charge is -1.96. The summed E-state index contributed by atoms with van der Waals surface area (Å²) in [5.41, 5.74) is 0.0338. The molecule has 0 radical (unpaired) electrons. The number of benzene rings is 1. The van der Waals surface area contributed by atoms with Crippen LogP contribution in [-0.2, 0) is 0 Å². The van der Waals surface area contributed by atoms with Gasteiger partial charge < -0.3 is 10.2 Å². The van der Waals surface area contributed by atoms with Crippen LogP contribution in [0.15, 0.2) is 18.2 Å². The lowest BCUT2D eigenvalue weighted by atomic mass is 10.1. The number of hydrogen-bond donors (Lipinski definition) is 2. The van der Waals surface area contributed by atoms with Gasteiger partial charge in [-0.3, -0.25) is 0 Å². The van der Waals surface area contributed by atoms with E-state index < -0.39 is 5.97 Å². The molecule has 1 aromatic carbocycles. The second kappa shape index (κ2) is 2.93. The summed E-state index contributed by atoms with van der Waals surface area (Å²) in [6.45, 7) is 0. The molecule has 2 N–H and O–H groups in total. The Hall–Kier alpha value is -2.02. The number of carboxylic acids is 1. The Labute approximate surface area is 68.3 Å². The fourth-order valence-corrected chi connectivity index (χ4v) is 0.759. The van der Waals surface area contributed by atoms with E-state index >= 15 is 0 Å². The number of nitriles is 1. The van der Waals surface area contributed by atoms with Gasteiger partial charge in [-0.05, 0) is 18.2 Å². The van der Waals surface area contributed by atoms with Crippen LogP contribution in [0.1, 0.15) is 15.9 Å². The normalized spacial score (nSPS) is 8.92. The molecule has 0 aromatic heterocycles. The van der Waals surface area contributed by atoms with Crippen LogP contribution >= 0.6 is 0 Å². The Bertz CT molecular complexity index is 365. The number of phenols is 1. The topological polar surface area (TPSA) is 81.3 Å². The zero-order valence-electron chi connectivity index (χ0n) is 5.98. The average molecular weight is 163 g/mol. The molecule has 0 aliphatic rings. The maximum absolute atomic E-state index is 10.4. The number of aromatic hydroxyl groups is 1. The monoisotopic (exact) mass is 163 g/mol. The minimum Gasteiger partial charge on any atom is -0.507 e. The SMILES string of the molecule is N#Cc1ccc(C(=O)O)cc1O. The van der Waals surface area contributed by atoms with Gasteiger partial charge in [-0.25, -0.2) is 4.79 Å². The minimum absolute atomic E-state index is 0.0356. The van der Waals surface area contributed by atoms with Gasteiger partial charge in [0.05, 0.1) is 11.1 Å². The Kier molecular flexibility index (Phi) is 1.97. The molecule has 0 atom stereocenters. The first-order chi connectivity index (χ1) is 5.65. The van der Waals surface area contributed by atoms with Crippen molar-refractivity contribution in [3.8, 4) is 11.8 Å². The molecule has 0 amide bonds. The van der Waals surface area contributed by atoms with Crippen LogP contribution < -0.4 is 0 Å². The molecule has 0 aliphatic carbocycles. The van der Waals surface area contributed by atoms with Gasteiger partial charge in [-0.1, -0.05) is 0 Å². The summed E-state index contributed by atoms with van der Waals surface area (Å²) in [7, 11) is 0. The molecule has 0 unspecified atom stereocenters. The Morgan fingerprint density at radius 2 is 2.17 bits per heavy atom. The predicted octanol–water partition coefficient (Wildman–Crippen LogP) is 0.962. The zero-order chi connectivity index (χ0) is 9.14. The number of carbonyl (C=O) groups is 1. The molecule has 1 rings (SSSR count). The first-order valence-electron chi connectivity index (χ1n) is 3.11. The smallest absolute Gasteiger partial charge is 0.335 e. The van der Waals surface area contributed by atoms with E-state index in [4.69, 9.17) is 15.5 Å². The highest BCUT2D eigenvalue weighted by Crippen LogP contribution is 2.17. The third-order valence-electron chi connectivity index (χ3n) is 1.37. The van der Waals surface area contributed by atoms with Crippen LogP contribution in [-0.4, -0.2) is 16.2 Å². The highest BCUT2D eigenvalue weighted by Gasteiger charge is 2.06. The molecule has 0 saturated heterocycles. The number of nitrogens with zero attached hydrogens (tertiary/aromatic N) is 1. The van der Waals surface area contributed by atoms with Crippen LogP contribution in [0.2, 0.25) is 0 Å². The van der Waals surface area contributed by atoms with E-state index in [1.807, 2.05) is 0 Å². The van der Waals surface area contributed by atoms with Gasteiger partial charge in [0.2, 0.25) is 0 Å². The number of rotatable bonds is 1. The van der Waals surface area contributed by atoms with Crippen molar-refractivity contribution in [3.05, 3.63) is 29.3 Å². The molecule has 0 spiro atoms. The summed E-state index contributed by atoms with van der Waals surface area (Å²) in [5, 5.41) is 25.9. The van der Waals surface area contributed by atoms with Crippen molar-refractivity contribution < 1.29 is 15.0 Å². The number of phenolic OH excluding ortho intramolecular Hbond substituents is 1. The summed E-state index contributed by atoms with van der Waals surface area (Å²) in [6, 6.07) is 5.29. The highest BCUT2D eigenvalue weighted by molar-refractivity contribution is 5.88. The van der Waals surface area contributed by atoms with E-state index in [1.165, 1.54) is 12.1 Å². The van der Waals surface area contributed by atoms with Crippen molar-refractivity contribution in [1.82, 2.24) is 0 Å². The van der Waals surface area contributed by atoms with Crippen LogP contribution in [0.3, 0.4) is 0 Å². The fraction of sp³-hybridized carbons (Fsp3) is 0. The first kappa shape index (κ1) is 8.08. The van der Waals surface area contributed by atoms with E-state index in [0.29, 0.717) is 0 Å². The quantitative estimate of drug-likeness (QED) is 0.646. The molecule has 0 fully saturated rings. The van der Waals surface area contributed by atoms with Gasteiger partial charge >= 0.3 is 5.97 Å². The Morgan fingerprint density at radius 3 is 2.58 bits per heavy atom. The second-order valence-corrected chi connectivity index (χ2v) is 2.15. The molecule has 1 aromatic rings. The lowest BCUT2D eigenvalue weighted by Crippen LogP contribution is -1.95. The van der Waals surface area contributed by atoms with E-state index in [2.05, 4.69) is 0 Å². The average Bonchev–Trinajstić information content (AvgIpc) is 2.04. The van der Waals surface area contributed by atoms with Crippen molar-refractivity contribution in [1.29, 1.82) is 5.26 Å². The molecule has 12 heavy (non-hydrogen) atoms. The van der Waals surface area contributed by atoms with Gasteiger partial charge in [-0.15, -0.1) is 0 Å². The van der Waals surface area contributed by atoms with Crippen molar-refractivity contribution in [2.45, 2.75) is 0 Å². The maximum Gasteiger partial charge on any atom is 0.335 e. The molecule has 4 heteroatoms. The molecule has 60 valence electrons. The van der Waals surface area contributed by atoms with Crippen LogP contribution in [0.25, 0.3) is 0 Å². The van der Waals surface area contributed by atoms with Gasteiger partial charge in [0.25, 0.3) is 0 Å². The third kappa shape index (κ3) is 1.35. The Balaban J connectivity index is 3.21. The van der Waals surface area contributed by atoms with Crippen molar-refractivity contribution in [3.63, 3.8) is 0 Å². The van der Waals surface area contributed by atoms with Gasteiger partial charge in [-0.2, -0.15) is 5.26 Å². The molecule has 4 nitrogen and oxygen atoms in total. The molecule has 0 aliphatic heterocycles. The maximum atomic E-state index is 10.4. The van der Waals surface area contributed by atoms with Crippen LogP contribution in [0.5, 0.6) is 5.75 Å². The number of carboxylic acid groups (broad SMARTS) is 1. The van der Waals surface area contributed by atoms with Crippen molar-refractivity contribution in [2.75, 3.05) is 0 Å². The molecule has 0 heterocycles. The predicted molar refractivity (Wildman–Crippen MR) is 39.8 cm³/mol. The van der Waals surface area contributed by atoms with E-state index in [1.54, 1.807) is 6.07 Å². The lowest BCUT2D eigenvalue weighted by molar-refractivity contribution is 0.0696. The van der Waals surface area contributed by atoms with Crippen LogP contribution in [0.4, 0.5) is 0 Å². The second-order valence-electron chi connectivity index (χ2n) is 2.15. The van der Waals surface area contributed by atoms with Crippen molar-refractivity contribution in [2.24, 2.45) is 0 Å². The first-order valence-corrected chi connectivity index (χ1v) is 3.11. The largest absolute Gasteiger partial charge is 0.507 e. The summed E-state index contributed by atoms with van der Waals surface area (Å²) < 4.78 is 0. The standard InChI is InChI=1S/C8H5NO3/c9-4-6-2-1-5(8(11)12)3-7(6)10/h1-3,10H,(H,11,12). The van der Waals surface area contributed by atoms with Gasteiger partial charge in [0.15, 0.2) is 0 Å². The molecule has 0 bridgehead atoms. The fourth-order valence-electron chi connectivity index (χ4n) is 0.759. The van der Waals surface area contributed by atoms with E-state index in [0.717, 1.165) is 6.07 Å². The van der Waals surface area contributed by atoms with Crippen LogP contribution in [0, 0.1) is 11.3 Å². The third-order valence-corrected chi connectivity index (χ3v) is 1.37. The van der Waals surface area contributed by atoms with Gasteiger partial charge in [0, 0.05) is 0 Å². The van der Waals surface area contributed by atoms with Gasteiger partial charge in [0.1, 0.15) is 11.8 Å². The van der Waals surface area contributed by atoms with E-state index in [9.17, 15) is 4.79 Å². The number of aromatic carboxylic acids is 1. The summed E-state index contributed by atoms with van der Waals surface area (Å²) in [6.07, 6.45) is 0.